The molecule has 7 heteroatoms. The molecule has 29 heavy (non-hydrogen) atoms. The van der Waals surface area contributed by atoms with Gasteiger partial charge in [-0.3, -0.25) is 14.9 Å². The summed E-state index contributed by atoms with van der Waals surface area (Å²) in [5, 5.41) is 17.2. The molecule has 2 aliphatic rings. The van der Waals surface area contributed by atoms with Crippen LogP contribution in [0.5, 0.6) is 0 Å². The van der Waals surface area contributed by atoms with Crippen LogP contribution in [-0.2, 0) is 9.53 Å². The van der Waals surface area contributed by atoms with Crippen molar-refractivity contribution in [1.82, 2.24) is 0 Å². The topological polar surface area (TPSA) is 88.3 Å². The Morgan fingerprint density at radius 3 is 2.31 bits per heavy atom. The summed E-state index contributed by atoms with van der Waals surface area (Å²) in [6.07, 6.45) is 0. The first kappa shape index (κ1) is 19.3. The maximum absolute atomic E-state index is 13.4. The van der Waals surface area contributed by atoms with Crippen molar-refractivity contribution in [2.75, 3.05) is 11.6 Å². The minimum absolute atomic E-state index is 0.229. The zero-order valence-corrected chi connectivity index (χ0v) is 16.6. The number of para-hydroxylation sites is 1. The van der Waals surface area contributed by atoms with E-state index in [1.165, 1.54) is 5.01 Å². The van der Waals surface area contributed by atoms with Crippen LogP contribution in [0, 0.1) is 16.0 Å². The predicted molar refractivity (Wildman–Crippen MR) is 109 cm³/mol. The largest absolute Gasteiger partial charge is 0.346 e. The highest BCUT2D eigenvalue weighted by molar-refractivity contribution is 6.24. The Balaban J connectivity index is 1.66. The minimum Gasteiger partial charge on any atom is -0.346 e. The van der Waals surface area contributed by atoms with Crippen LogP contribution in [0.25, 0.3) is 0 Å². The first-order valence-electron chi connectivity index (χ1n) is 9.63. The molecule has 0 aliphatic carbocycles. The van der Waals surface area contributed by atoms with E-state index in [2.05, 4.69) is 5.10 Å². The molecule has 1 amide bonds. The standard InChI is InChI=1S/C22H23N3O4/c1-15(19(14-24(27)28)17-10-6-4-7-11-17)21(3)22(29-21)16(2)23-25(20(22)26)18-12-8-5-9-13-18/h4-13,15,19H,14H2,1-3H3/t15-,19-,21?,22?/m1/s1. The molecular weight excluding hydrogens is 370 g/mol. The van der Waals surface area contributed by atoms with Crippen LogP contribution in [0.3, 0.4) is 0 Å². The molecule has 4 rings (SSSR count). The fourth-order valence-electron chi connectivity index (χ4n) is 4.51. The van der Waals surface area contributed by atoms with E-state index in [-0.39, 0.29) is 29.2 Å². The van der Waals surface area contributed by atoms with Crippen molar-refractivity contribution in [1.29, 1.82) is 0 Å². The predicted octanol–water partition coefficient (Wildman–Crippen LogP) is 3.63. The van der Waals surface area contributed by atoms with Gasteiger partial charge in [-0.25, -0.2) is 0 Å². The van der Waals surface area contributed by atoms with Gasteiger partial charge in [-0.05, 0) is 31.5 Å². The lowest BCUT2D eigenvalue weighted by Crippen LogP contribution is -2.44. The fraction of sp³-hybridized carbons (Fsp3) is 0.364. The number of benzene rings is 2. The van der Waals surface area contributed by atoms with Crippen LogP contribution < -0.4 is 5.01 Å². The number of rotatable bonds is 6. The van der Waals surface area contributed by atoms with Gasteiger partial charge < -0.3 is 4.74 Å². The van der Waals surface area contributed by atoms with E-state index >= 15 is 0 Å². The van der Waals surface area contributed by atoms with E-state index in [1.54, 1.807) is 6.92 Å². The lowest BCUT2D eigenvalue weighted by molar-refractivity contribution is -0.485. The van der Waals surface area contributed by atoms with Crippen LogP contribution in [0.15, 0.2) is 65.8 Å². The molecule has 0 bridgehead atoms. The van der Waals surface area contributed by atoms with Gasteiger partial charge in [0.2, 0.25) is 12.1 Å². The molecule has 2 unspecified atom stereocenters. The van der Waals surface area contributed by atoms with Gasteiger partial charge in [0, 0.05) is 10.8 Å². The van der Waals surface area contributed by atoms with Crippen molar-refractivity contribution in [3.8, 4) is 0 Å². The monoisotopic (exact) mass is 393 g/mol. The zero-order chi connectivity index (χ0) is 20.8. The van der Waals surface area contributed by atoms with Gasteiger partial charge in [-0.1, -0.05) is 55.5 Å². The number of anilines is 1. The smallest absolute Gasteiger partial charge is 0.288 e. The van der Waals surface area contributed by atoms with Gasteiger partial charge in [-0.2, -0.15) is 10.1 Å². The number of hydrogen-bond acceptors (Lipinski definition) is 5. The van der Waals surface area contributed by atoms with Crippen molar-refractivity contribution in [3.63, 3.8) is 0 Å². The van der Waals surface area contributed by atoms with E-state index in [4.69, 9.17) is 4.74 Å². The molecule has 0 saturated carbocycles. The first-order valence-corrected chi connectivity index (χ1v) is 9.63. The molecule has 2 aromatic rings. The number of nitro groups is 1. The minimum atomic E-state index is -1.17. The zero-order valence-electron chi connectivity index (χ0n) is 16.6. The number of ether oxygens (including phenoxy) is 1. The summed E-state index contributed by atoms with van der Waals surface area (Å²) in [6.45, 7) is 5.33. The Morgan fingerprint density at radius 2 is 1.72 bits per heavy atom. The Bertz CT molecular complexity index is 978. The number of carbonyl (C=O) groups is 1. The summed E-state index contributed by atoms with van der Waals surface area (Å²) in [5.41, 5.74) is 0.0603. The van der Waals surface area contributed by atoms with Crippen LogP contribution in [-0.4, -0.2) is 34.3 Å². The Kier molecular flexibility index (Phi) is 4.50. The number of hydrazone groups is 1. The van der Waals surface area contributed by atoms with E-state index in [0.717, 1.165) is 5.56 Å². The van der Waals surface area contributed by atoms with Gasteiger partial charge in [0.15, 0.2) is 0 Å². The van der Waals surface area contributed by atoms with Crippen LogP contribution in [0.2, 0.25) is 0 Å². The summed E-state index contributed by atoms with van der Waals surface area (Å²) in [6, 6.07) is 18.6. The molecule has 1 spiro atoms. The summed E-state index contributed by atoms with van der Waals surface area (Å²) in [4.78, 5) is 24.4. The second kappa shape index (κ2) is 6.77. The van der Waals surface area contributed by atoms with Crippen LogP contribution >= 0.6 is 0 Å². The average molecular weight is 393 g/mol. The highest BCUT2D eigenvalue weighted by Gasteiger charge is 2.79. The molecule has 1 saturated heterocycles. The average Bonchev–Trinajstić information content (AvgIpc) is 3.30. The third-order valence-electron chi connectivity index (χ3n) is 6.32. The molecule has 2 heterocycles. The van der Waals surface area contributed by atoms with Crippen molar-refractivity contribution in [3.05, 3.63) is 76.3 Å². The van der Waals surface area contributed by atoms with Crippen LogP contribution in [0.4, 0.5) is 5.69 Å². The quantitative estimate of drug-likeness (QED) is 0.426. The lowest BCUT2D eigenvalue weighted by atomic mass is 9.73. The Labute approximate surface area is 169 Å². The summed E-state index contributed by atoms with van der Waals surface area (Å²) < 4.78 is 6.13. The van der Waals surface area contributed by atoms with E-state index < -0.39 is 11.2 Å². The third-order valence-corrected chi connectivity index (χ3v) is 6.32. The van der Waals surface area contributed by atoms with E-state index in [0.29, 0.717) is 11.4 Å². The summed E-state index contributed by atoms with van der Waals surface area (Å²) >= 11 is 0. The Hall–Kier alpha value is -3.06. The molecule has 2 aliphatic heterocycles. The lowest BCUT2D eigenvalue weighted by Gasteiger charge is -2.26. The Morgan fingerprint density at radius 1 is 1.14 bits per heavy atom. The second-order valence-corrected chi connectivity index (χ2v) is 7.85. The number of carbonyl (C=O) groups excluding carboxylic acids is 1. The maximum Gasteiger partial charge on any atom is 0.288 e. The van der Waals surface area contributed by atoms with Gasteiger partial charge in [-0.15, -0.1) is 0 Å². The molecule has 7 nitrogen and oxygen atoms in total. The number of nitrogens with zero attached hydrogens (tertiary/aromatic N) is 3. The van der Waals surface area contributed by atoms with E-state index in [1.807, 2.05) is 74.5 Å². The van der Waals surface area contributed by atoms with Crippen molar-refractivity contribution >= 4 is 17.3 Å². The fourth-order valence-corrected chi connectivity index (χ4v) is 4.51. The molecule has 4 atom stereocenters. The molecule has 2 aromatic carbocycles. The SMILES string of the molecule is CC1=NN(c2ccccc2)C(=O)C12OC2(C)[C@H](C)[C@@H](C[N+](=O)[O-])c1ccccc1. The van der Waals surface area contributed by atoms with Gasteiger partial charge >= 0.3 is 0 Å². The molecule has 150 valence electrons. The highest BCUT2D eigenvalue weighted by Crippen LogP contribution is 2.59. The molecule has 0 radical (unpaired) electrons. The molecular formula is C22H23N3O4. The molecule has 0 N–H and O–H groups in total. The second-order valence-electron chi connectivity index (χ2n) is 7.85. The maximum atomic E-state index is 13.4. The van der Waals surface area contributed by atoms with Gasteiger partial charge in [0.1, 0.15) is 5.60 Å². The summed E-state index contributed by atoms with van der Waals surface area (Å²) in [5.74, 6) is -0.912. The first-order chi connectivity index (χ1) is 13.8. The molecule has 0 aromatic heterocycles. The number of amides is 1. The third kappa shape index (κ3) is 2.84. The van der Waals surface area contributed by atoms with Crippen molar-refractivity contribution in [2.45, 2.75) is 37.9 Å². The molecule has 1 fully saturated rings. The highest BCUT2D eigenvalue weighted by atomic mass is 16.6. The van der Waals surface area contributed by atoms with Crippen molar-refractivity contribution < 1.29 is 14.5 Å². The number of hydrogen-bond donors (Lipinski definition) is 0. The van der Waals surface area contributed by atoms with Gasteiger partial charge in [0.05, 0.1) is 17.3 Å². The number of epoxide rings is 1. The van der Waals surface area contributed by atoms with Gasteiger partial charge in [0.25, 0.3) is 5.91 Å². The normalized spacial score (nSPS) is 27.6. The van der Waals surface area contributed by atoms with Crippen LogP contribution in [0.1, 0.15) is 32.3 Å². The van der Waals surface area contributed by atoms with E-state index in [9.17, 15) is 14.9 Å². The van der Waals surface area contributed by atoms with Crippen molar-refractivity contribution in [2.24, 2.45) is 11.0 Å². The summed E-state index contributed by atoms with van der Waals surface area (Å²) in [7, 11) is 0.